The monoisotopic (exact) mass is 392 g/mol. The van der Waals surface area contributed by atoms with Crippen molar-refractivity contribution in [2.75, 3.05) is 26.9 Å². The van der Waals surface area contributed by atoms with E-state index in [1.54, 1.807) is 24.9 Å². The second kappa shape index (κ2) is 8.86. The van der Waals surface area contributed by atoms with Gasteiger partial charge in [-0.3, -0.25) is 14.3 Å². The summed E-state index contributed by atoms with van der Waals surface area (Å²) < 4.78 is 17.5. The normalized spacial score (nSPS) is 19.4. The second-order valence-electron chi connectivity index (χ2n) is 7.40. The molecule has 8 heteroatoms. The maximum absolute atomic E-state index is 12.3. The highest BCUT2D eigenvalue weighted by Crippen LogP contribution is 2.47. The molecule has 0 radical (unpaired) electrons. The van der Waals surface area contributed by atoms with Crippen molar-refractivity contribution < 1.29 is 28.6 Å². The number of ketones is 2. The van der Waals surface area contributed by atoms with Gasteiger partial charge in [0.2, 0.25) is 5.88 Å². The van der Waals surface area contributed by atoms with Crippen molar-refractivity contribution in [2.24, 2.45) is 5.41 Å². The number of esters is 1. The molecular formula is C20H28N2O6. The molecule has 3 rings (SSSR count). The number of ether oxygens (including phenoxy) is 3. The fraction of sp³-hybridized carbons (Fsp3) is 0.700. The number of rotatable bonds is 8. The van der Waals surface area contributed by atoms with Crippen molar-refractivity contribution in [1.29, 1.82) is 0 Å². The Balaban J connectivity index is 1.72. The van der Waals surface area contributed by atoms with E-state index in [1.165, 1.54) is 0 Å². The van der Waals surface area contributed by atoms with E-state index in [9.17, 15) is 14.4 Å². The van der Waals surface area contributed by atoms with Gasteiger partial charge in [0.25, 0.3) is 0 Å². The van der Waals surface area contributed by atoms with Gasteiger partial charge in [-0.15, -0.1) is 5.10 Å². The van der Waals surface area contributed by atoms with Crippen molar-refractivity contribution >= 4 is 17.5 Å². The van der Waals surface area contributed by atoms with E-state index < -0.39 is 11.4 Å². The van der Waals surface area contributed by atoms with E-state index in [0.29, 0.717) is 63.7 Å². The van der Waals surface area contributed by atoms with E-state index in [-0.39, 0.29) is 30.1 Å². The largest absolute Gasteiger partial charge is 0.476 e. The number of Topliss-reactive ketones (excluding diaryl/α,β-unsaturated/α-hetero) is 2. The van der Waals surface area contributed by atoms with Crippen LogP contribution < -0.4 is 4.74 Å². The number of hydrogen-bond acceptors (Lipinski definition) is 7. The summed E-state index contributed by atoms with van der Waals surface area (Å²) in [6.07, 6.45) is 5.53. The number of aromatic nitrogens is 2. The molecule has 0 N–H and O–H groups in total. The summed E-state index contributed by atoms with van der Waals surface area (Å²) in [4.78, 5) is 36.8. The molecule has 1 heterocycles. The average Bonchev–Trinajstić information content (AvgIpc) is 3.24. The minimum atomic E-state index is -0.771. The van der Waals surface area contributed by atoms with Crippen LogP contribution in [0.5, 0.6) is 5.88 Å². The van der Waals surface area contributed by atoms with Crippen molar-refractivity contribution in [1.82, 2.24) is 9.78 Å². The van der Waals surface area contributed by atoms with Crippen molar-refractivity contribution in [3.8, 4) is 5.88 Å². The Kier molecular flexibility index (Phi) is 6.49. The quantitative estimate of drug-likeness (QED) is 0.381. The van der Waals surface area contributed by atoms with Crippen LogP contribution in [0.1, 0.15) is 68.3 Å². The molecule has 0 amide bonds. The molecule has 0 unspecified atom stereocenters. The fourth-order valence-corrected chi connectivity index (χ4v) is 4.17. The summed E-state index contributed by atoms with van der Waals surface area (Å²) in [5, 5.41) is 4.47. The predicted octanol–water partition coefficient (Wildman–Crippen LogP) is 2.51. The number of hydrogen-bond donors (Lipinski definition) is 0. The van der Waals surface area contributed by atoms with Crippen LogP contribution in [0.4, 0.5) is 0 Å². The summed E-state index contributed by atoms with van der Waals surface area (Å²) in [6, 6.07) is 0.0244. The molecule has 8 nitrogen and oxygen atoms in total. The number of carbonyl (C=O) groups is 3. The van der Waals surface area contributed by atoms with E-state index in [2.05, 4.69) is 5.10 Å². The van der Waals surface area contributed by atoms with Gasteiger partial charge in [-0.1, -0.05) is 0 Å². The van der Waals surface area contributed by atoms with Crippen LogP contribution in [-0.4, -0.2) is 54.2 Å². The van der Waals surface area contributed by atoms with Crippen molar-refractivity contribution in [3.63, 3.8) is 0 Å². The molecule has 0 saturated heterocycles. The van der Waals surface area contributed by atoms with Crippen LogP contribution in [0.25, 0.3) is 0 Å². The lowest BCUT2D eigenvalue weighted by molar-refractivity contribution is -0.137. The van der Waals surface area contributed by atoms with Crippen molar-refractivity contribution in [3.05, 3.63) is 11.8 Å². The molecule has 0 bridgehead atoms. The number of nitrogens with zero attached hydrogens (tertiary/aromatic N) is 2. The highest BCUT2D eigenvalue weighted by Gasteiger charge is 2.51. The first-order chi connectivity index (χ1) is 13.5. The molecule has 2 aliphatic carbocycles. The van der Waals surface area contributed by atoms with Gasteiger partial charge in [0.05, 0.1) is 24.7 Å². The third-order valence-electron chi connectivity index (χ3n) is 5.75. The van der Waals surface area contributed by atoms with Gasteiger partial charge >= 0.3 is 5.97 Å². The van der Waals surface area contributed by atoms with Crippen molar-refractivity contribution in [2.45, 2.75) is 57.9 Å². The first kappa shape index (κ1) is 20.5. The fourth-order valence-electron chi connectivity index (χ4n) is 4.17. The first-order valence-electron chi connectivity index (χ1n) is 9.96. The lowest BCUT2D eigenvalue weighted by atomic mass is 9.70. The highest BCUT2D eigenvalue weighted by molar-refractivity contribution is 6.12. The summed E-state index contributed by atoms with van der Waals surface area (Å²) in [5.41, 5.74) is -0.472. The maximum atomic E-state index is 12.3. The van der Waals surface area contributed by atoms with Crippen LogP contribution in [0.3, 0.4) is 0 Å². The third kappa shape index (κ3) is 3.97. The van der Waals surface area contributed by atoms with Gasteiger partial charge in [0, 0.05) is 39.2 Å². The summed E-state index contributed by atoms with van der Waals surface area (Å²) in [7, 11) is 1.62. The lowest BCUT2D eigenvalue weighted by Crippen LogP contribution is -2.37. The molecule has 28 heavy (non-hydrogen) atoms. The summed E-state index contributed by atoms with van der Waals surface area (Å²) >= 11 is 0. The SMILES string of the molecule is CCOC(=O)c1cn(C2CCC3(CC2)C(=O)CCC3=O)nc1OCCCOC. The Morgan fingerprint density at radius 2 is 1.89 bits per heavy atom. The Bertz CT molecular complexity index is 715. The van der Waals surface area contributed by atoms with Crippen LogP contribution in [0.15, 0.2) is 6.20 Å². The minimum absolute atomic E-state index is 0.0244. The predicted molar refractivity (Wildman–Crippen MR) is 99.4 cm³/mol. The summed E-state index contributed by atoms with van der Waals surface area (Å²) in [5.74, 6) is -0.0386. The van der Waals surface area contributed by atoms with Crippen LogP contribution >= 0.6 is 0 Å². The van der Waals surface area contributed by atoms with Gasteiger partial charge in [0.1, 0.15) is 17.1 Å². The Morgan fingerprint density at radius 1 is 1.21 bits per heavy atom. The summed E-state index contributed by atoms with van der Waals surface area (Å²) in [6.45, 7) is 2.96. The first-order valence-corrected chi connectivity index (χ1v) is 9.96. The Labute approximate surface area is 164 Å². The van der Waals surface area contributed by atoms with Crippen LogP contribution in [0.2, 0.25) is 0 Å². The lowest BCUT2D eigenvalue weighted by Gasteiger charge is -2.34. The van der Waals surface area contributed by atoms with E-state index in [1.807, 2.05) is 0 Å². The zero-order valence-corrected chi connectivity index (χ0v) is 16.6. The zero-order valence-electron chi connectivity index (χ0n) is 16.6. The van der Waals surface area contributed by atoms with Crippen LogP contribution in [0, 0.1) is 5.41 Å². The van der Waals surface area contributed by atoms with Gasteiger partial charge in [-0.2, -0.15) is 0 Å². The van der Waals surface area contributed by atoms with Crippen LogP contribution in [-0.2, 0) is 19.1 Å². The molecule has 0 aliphatic heterocycles. The third-order valence-corrected chi connectivity index (χ3v) is 5.75. The smallest absolute Gasteiger partial charge is 0.345 e. The van der Waals surface area contributed by atoms with Gasteiger partial charge < -0.3 is 14.2 Å². The number of methoxy groups -OCH3 is 1. The molecule has 2 aliphatic rings. The average molecular weight is 392 g/mol. The molecule has 1 aromatic rings. The van der Waals surface area contributed by atoms with Gasteiger partial charge in [0.15, 0.2) is 0 Å². The van der Waals surface area contributed by atoms with E-state index >= 15 is 0 Å². The Morgan fingerprint density at radius 3 is 2.50 bits per heavy atom. The standard InChI is InChI=1S/C20H28N2O6/c1-3-27-19(25)15-13-22(21-18(15)28-12-4-11-26-2)14-7-9-20(10-8-14)16(23)5-6-17(20)24/h13-14H,3-12H2,1-2H3. The molecule has 0 aromatic carbocycles. The second-order valence-corrected chi connectivity index (χ2v) is 7.40. The number of carbonyl (C=O) groups excluding carboxylic acids is 3. The van der Waals surface area contributed by atoms with Gasteiger partial charge in [-0.25, -0.2) is 4.79 Å². The molecule has 1 aromatic heterocycles. The van der Waals surface area contributed by atoms with E-state index in [4.69, 9.17) is 14.2 Å². The molecular weight excluding hydrogens is 364 g/mol. The highest BCUT2D eigenvalue weighted by atomic mass is 16.5. The molecule has 0 atom stereocenters. The maximum Gasteiger partial charge on any atom is 0.345 e. The topological polar surface area (TPSA) is 96.7 Å². The molecule has 154 valence electrons. The van der Waals surface area contributed by atoms with Gasteiger partial charge in [-0.05, 0) is 32.6 Å². The minimum Gasteiger partial charge on any atom is -0.476 e. The zero-order chi connectivity index (χ0) is 20.1. The molecule has 2 fully saturated rings. The molecule has 1 spiro atoms. The van der Waals surface area contributed by atoms with E-state index in [0.717, 1.165) is 0 Å². The molecule has 2 saturated carbocycles. The Hall–Kier alpha value is -2.22.